The topological polar surface area (TPSA) is 12.0 Å². The van der Waals surface area contributed by atoms with E-state index in [4.69, 9.17) is 11.6 Å². The normalized spacial score (nSPS) is 23.4. The second-order valence-electron chi connectivity index (χ2n) is 5.42. The Bertz CT molecular complexity index is 592. The van der Waals surface area contributed by atoms with Gasteiger partial charge in [-0.05, 0) is 49.4 Å². The SMILES string of the molecule is CC(NC1CC(c2ccccc2Br)C1)c1ccc(Cl)s1. The van der Waals surface area contributed by atoms with Crippen LogP contribution in [0.5, 0.6) is 0 Å². The number of hydrogen-bond acceptors (Lipinski definition) is 2. The van der Waals surface area contributed by atoms with Gasteiger partial charge < -0.3 is 5.32 Å². The summed E-state index contributed by atoms with van der Waals surface area (Å²) in [7, 11) is 0. The van der Waals surface area contributed by atoms with E-state index in [0.717, 1.165) is 4.34 Å². The Morgan fingerprint density at radius 2 is 2.00 bits per heavy atom. The van der Waals surface area contributed by atoms with E-state index in [-0.39, 0.29) is 0 Å². The molecule has 1 heterocycles. The predicted octanol–water partition coefficient (Wildman–Crippen LogP) is 5.76. The number of benzene rings is 1. The van der Waals surface area contributed by atoms with Gasteiger partial charge in [0.25, 0.3) is 0 Å². The predicted molar refractivity (Wildman–Crippen MR) is 90.8 cm³/mol. The van der Waals surface area contributed by atoms with Gasteiger partial charge in [0.05, 0.1) is 4.34 Å². The van der Waals surface area contributed by atoms with Crippen molar-refractivity contribution in [2.75, 3.05) is 0 Å². The molecule has 2 aromatic rings. The minimum atomic E-state index is 0.387. The van der Waals surface area contributed by atoms with Crippen molar-refractivity contribution in [1.29, 1.82) is 0 Å². The number of nitrogens with one attached hydrogen (secondary N) is 1. The van der Waals surface area contributed by atoms with E-state index in [9.17, 15) is 0 Å². The molecule has 1 unspecified atom stereocenters. The Morgan fingerprint density at radius 1 is 1.25 bits per heavy atom. The van der Waals surface area contributed by atoms with Gasteiger partial charge in [0, 0.05) is 21.4 Å². The average molecular weight is 371 g/mol. The fourth-order valence-electron chi connectivity index (χ4n) is 2.81. The Balaban J connectivity index is 1.55. The van der Waals surface area contributed by atoms with Gasteiger partial charge >= 0.3 is 0 Å². The quantitative estimate of drug-likeness (QED) is 0.721. The van der Waals surface area contributed by atoms with Crippen LogP contribution in [0.2, 0.25) is 4.34 Å². The van der Waals surface area contributed by atoms with Gasteiger partial charge in [-0.15, -0.1) is 11.3 Å². The van der Waals surface area contributed by atoms with E-state index in [0.29, 0.717) is 18.0 Å². The second kappa shape index (κ2) is 6.18. The Kier molecular flexibility index (Phi) is 4.51. The lowest BCUT2D eigenvalue weighted by molar-refractivity contribution is 0.271. The van der Waals surface area contributed by atoms with Crippen LogP contribution in [0.3, 0.4) is 0 Å². The van der Waals surface area contributed by atoms with Crippen molar-refractivity contribution in [1.82, 2.24) is 5.32 Å². The van der Waals surface area contributed by atoms with E-state index in [2.05, 4.69) is 58.5 Å². The molecule has 3 rings (SSSR count). The van der Waals surface area contributed by atoms with Gasteiger partial charge in [0.15, 0.2) is 0 Å². The summed E-state index contributed by atoms with van der Waals surface area (Å²) in [5.41, 5.74) is 1.44. The standard InChI is InChI=1S/C16H17BrClNS/c1-10(15-6-7-16(18)20-15)19-12-8-11(9-12)13-4-2-3-5-14(13)17/h2-7,10-12,19H,8-9H2,1H3. The molecule has 0 saturated heterocycles. The summed E-state index contributed by atoms with van der Waals surface area (Å²) in [6, 6.07) is 13.7. The molecule has 1 atom stereocenters. The summed E-state index contributed by atoms with van der Waals surface area (Å²) < 4.78 is 2.11. The number of rotatable bonds is 4. The van der Waals surface area contributed by atoms with Crippen molar-refractivity contribution < 1.29 is 0 Å². The van der Waals surface area contributed by atoms with Gasteiger partial charge in [-0.3, -0.25) is 0 Å². The van der Waals surface area contributed by atoms with Crippen LogP contribution in [0.15, 0.2) is 40.9 Å². The first-order valence-electron chi connectivity index (χ1n) is 6.89. The zero-order valence-electron chi connectivity index (χ0n) is 11.3. The summed E-state index contributed by atoms with van der Waals surface area (Å²) in [6.07, 6.45) is 2.43. The highest BCUT2D eigenvalue weighted by atomic mass is 79.9. The molecule has 1 aromatic heterocycles. The van der Waals surface area contributed by atoms with Crippen LogP contribution in [0.25, 0.3) is 0 Å². The number of thiophene rings is 1. The lowest BCUT2D eigenvalue weighted by Crippen LogP contribution is -2.41. The van der Waals surface area contributed by atoms with Crippen molar-refractivity contribution in [2.24, 2.45) is 0 Å². The second-order valence-corrected chi connectivity index (χ2v) is 8.02. The lowest BCUT2D eigenvalue weighted by Gasteiger charge is -2.38. The first-order chi connectivity index (χ1) is 9.63. The van der Waals surface area contributed by atoms with Crippen molar-refractivity contribution in [3.63, 3.8) is 0 Å². The molecule has 4 heteroatoms. The van der Waals surface area contributed by atoms with E-state index < -0.39 is 0 Å². The van der Waals surface area contributed by atoms with Gasteiger partial charge in [-0.2, -0.15) is 0 Å². The Hall–Kier alpha value is -0.350. The molecule has 0 radical (unpaired) electrons. The minimum Gasteiger partial charge on any atom is -0.307 e. The fourth-order valence-corrected chi connectivity index (χ4v) is 4.49. The number of hydrogen-bond donors (Lipinski definition) is 1. The molecule has 1 N–H and O–H groups in total. The summed E-state index contributed by atoms with van der Waals surface area (Å²) in [6.45, 7) is 2.22. The maximum absolute atomic E-state index is 6.00. The molecule has 106 valence electrons. The molecule has 0 spiro atoms. The Morgan fingerprint density at radius 3 is 2.65 bits per heavy atom. The molecule has 1 aliphatic rings. The zero-order chi connectivity index (χ0) is 14.1. The molecule has 0 aliphatic heterocycles. The van der Waals surface area contributed by atoms with E-state index in [1.165, 1.54) is 27.8 Å². The minimum absolute atomic E-state index is 0.387. The highest BCUT2D eigenvalue weighted by Crippen LogP contribution is 2.41. The highest BCUT2D eigenvalue weighted by molar-refractivity contribution is 9.10. The maximum atomic E-state index is 6.00. The van der Waals surface area contributed by atoms with Crippen LogP contribution in [0, 0.1) is 0 Å². The fraction of sp³-hybridized carbons (Fsp3) is 0.375. The van der Waals surface area contributed by atoms with Crippen LogP contribution in [-0.2, 0) is 0 Å². The maximum Gasteiger partial charge on any atom is 0.0931 e. The molecule has 1 nitrogen and oxygen atoms in total. The molecule has 1 saturated carbocycles. The first kappa shape index (κ1) is 14.6. The zero-order valence-corrected chi connectivity index (χ0v) is 14.4. The van der Waals surface area contributed by atoms with E-state index in [1.54, 1.807) is 11.3 Å². The third kappa shape index (κ3) is 3.11. The molecule has 0 bridgehead atoms. The van der Waals surface area contributed by atoms with E-state index in [1.807, 2.05) is 6.07 Å². The van der Waals surface area contributed by atoms with Crippen LogP contribution >= 0.6 is 38.9 Å². The largest absolute Gasteiger partial charge is 0.307 e. The van der Waals surface area contributed by atoms with Gasteiger partial charge in [0.2, 0.25) is 0 Å². The number of halogens is 2. The smallest absolute Gasteiger partial charge is 0.0931 e. The van der Waals surface area contributed by atoms with Gasteiger partial charge in [0.1, 0.15) is 0 Å². The third-order valence-electron chi connectivity index (χ3n) is 3.99. The molecule has 0 amide bonds. The van der Waals surface area contributed by atoms with Gasteiger partial charge in [-0.1, -0.05) is 45.7 Å². The van der Waals surface area contributed by atoms with E-state index >= 15 is 0 Å². The molecular weight excluding hydrogens is 354 g/mol. The first-order valence-corrected chi connectivity index (χ1v) is 8.88. The molecule has 1 fully saturated rings. The van der Waals surface area contributed by atoms with Crippen LogP contribution in [0.4, 0.5) is 0 Å². The van der Waals surface area contributed by atoms with Crippen molar-refractivity contribution in [3.8, 4) is 0 Å². The van der Waals surface area contributed by atoms with Crippen molar-refractivity contribution >= 4 is 38.9 Å². The molecule has 1 aromatic carbocycles. The van der Waals surface area contributed by atoms with Crippen molar-refractivity contribution in [3.05, 3.63) is 55.6 Å². The lowest BCUT2D eigenvalue weighted by atomic mass is 9.75. The third-order valence-corrected chi connectivity index (χ3v) is 6.13. The van der Waals surface area contributed by atoms with Crippen LogP contribution in [0.1, 0.15) is 42.2 Å². The molecule has 20 heavy (non-hydrogen) atoms. The molecular formula is C16H17BrClNS. The van der Waals surface area contributed by atoms with Crippen molar-refractivity contribution in [2.45, 2.75) is 37.8 Å². The Labute approximate surface area is 137 Å². The van der Waals surface area contributed by atoms with Crippen LogP contribution in [-0.4, -0.2) is 6.04 Å². The summed E-state index contributed by atoms with van der Waals surface area (Å²) in [5, 5.41) is 3.70. The summed E-state index contributed by atoms with van der Waals surface area (Å²) in [4.78, 5) is 1.32. The monoisotopic (exact) mass is 369 g/mol. The van der Waals surface area contributed by atoms with Gasteiger partial charge in [-0.25, -0.2) is 0 Å². The van der Waals surface area contributed by atoms with Crippen LogP contribution < -0.4 is 5.32 Å². The highest BCUT2D eigenvalue weighted by Gasteiger charge is 2.32. The average Bonchev–Trinajstić information content (AvgIpc) is 2.81. The summed E-state index contributed by atoms with van der Waals surface area (Å²) >= 11 is 11.3. The summed E-state index contributed by atoms with van der Waals surface area (Å²) in [5.74, 6) is 0.683. The molecule has 1 aliphatic carbocycles.